The Balaban J connectivity index is 2.09. The molecule has 4 heteroatoms. The molecule has 0 saturated carbocycles. The minimum atomic E-state index is 0.622. The topological polar surface area (TPSA) is 9.23 Å². The zero-order valence-corrected chi connectivity index (χ0v) is 13.6. The number of rotatable bonds is 3. The van der Waals surface area contributed by atoms with Crippen LogP contribution in [0.4, 0.5) is 0 Å². The van der Waals surface area contributed by atoms with E-state index in [4.69, 9.17) is 4.74 Å². The summed E-state index contributed by atoms with van der Waals surface area (Å²) in [6.45, 7) is 4.77. The molecule has 0 spiro atoms. The van der Waals surface area contributed by atoms with Crippen molar-refractivity contribution in [2.24, 2.45) is 0 Å². The highest BCUT2D eigenvalue weighted by Crippen LogP contribution is 2.28. The van der Waals surface area contributed by atoms with Gasteiger partial charge in [-0.25, -0.2) is 0 Å². The van der Waals surface area contributed by atoms with E-state index in [2.05, 4.69) is 63.9 Å². The van der Waals surface area contributed by atoms with Crippen molar-refractivity contribution < 1.29 is 4.74 Å². The number of ether oxygens (including phenoxy) is 1. The van der Waals surface area contributed by atoms with Crippen LogP contribution in [0.1, 0.15) is 16.0 Å². The third-order valence-corrected chi connectivity index (χ3v) is 5.27. The van der Waals surface area contributed by atoms with Crippen LogP contribution >= 0.6 is 43.2 Å². The molecular formula is C13H12Br2OS. The Morgan fingerprint density at radius 1 is 1.12 bits per heavy atom. The molecule has 0 atom stereocenters. The van der Waals surface area contributed by atoms with Gasteiger partial charge in [0.15, 0.2) is 0 Å². The first-order chi connectivity index (χ1) is 8.06. The fourth-order valence-corrected chi connectivity index (χ4v) is 3.20. The molecular weight excluding hydrogens is 364 g/mol. The fraction of sp³-hybridized carbons (Fsp3) is 0.231. The minimum absolute atomic E-state index is 0.622. The summed E-state index contributed by atoms with van der Waals surface area (Å²) >= 11 is 8.70. The number of thiophene rings is 1. The molecule has 0 N–H and O–H groups in total. The van der Waals surface area contributed by atoms with Gasteiger partial charge in [0.2, 0.25) is 0 Å². The molecule has 17 heavy (non-hydrogen) atoms. The molecule has 1 heterocycles. The van der Waals surface area contributed by atoms with Gasteiger partial charge in [-0.3, -0.25) is 0 Å². The van der Waals surface area contributed by atoms with E-state index in [0.717, 1.165) is 14.0 Å². The summed E-state index contributed by atoms with van der Waals surface area (Å²) in [5.74, 6) is 0.924. The van der Waals surface area contributed by atoms with Crippen LogP contribution in [0.15, 0.2) is 32.5 Å². The van der Waals surface area contributed by atoms with Crippen LogP contribution in [-0.4, -0.2) is 0 Å². The van der Waals surface area contributed by atoms with E-state index >= 15 is 0 Å². The Morgan fingerprint density at radius 3 is 2.29 bits per heavy atom. The van der Waals surface area contributed by atoms with Gasteiger partial charge in [0.25, 0.3) is 0 Å². The molecule has 0 radical (unpaired) electrons. The Labute approximate surface area is 122 Å². The third-order valence-electron chi connectivity index (χ3n) is 2.42. The zero-order chi connectivity index (χ0) is 12.4. The van der Waals surface area contributed by atoms with Crippen LogP contribution in [0.5, 0.6) is 5.75 Å². The van der Waals surface area contributed by atoms with E-state index in [-0.39, 0.29) is 0 Å². The molecule has 2 aromatic rings. The summed E-state index contributed by atoms with van der Waals surface area (Å²) in [4.78, 5) is 1.22. The largest absolute Gasteiger partial charge is 0.488 e. The SMILES string of the molecule is Cc1cc(OCc2ccc(Br)s2)cc(C)c1Br. The van der Waals surface area contributed by atoms with Gasteiger partial charge in [0.05, 0.1) is 3.79 Å². The second-order valence-electron chi connectivity index (χ2n) is 3.87. The maximum absolute atomic E-state index is 5.79. The van der Waals surface area contributed by atoms with E-state index in [1.54, 1.807) is 11.3 Å². The normalized spacial score (nSPS) is 10.6. The average molecular weight is 376 g/mol. The Morgan fingerprint density at radius 2 is 1.76 bits per heavy atom. The monoisotopic (exact) mass is 374 g/mol. The lowest BCUT2D eigenvalue weighted by Crippen LogP contribution is -1.94. The molecule has 0 unspecified atom stereocenters. The van der Waals surface area contributed by atoms with Crippen LogP contribution in [0.2, 0.25) is 0 Å². The quantitative estimate of drug-likeness (QED) is 0.691. The van der Waals surface area contributed by atoms with Gasteiger partial charge in [0, 0.05) is 9.35 Å². The second kappa shape index (κ2) is 5.55. The first-order valence-electron chi connectivity index (χ1n) is 5.20. The molecule has 0 aliphatic rings. The highest BCUT2D eigenvalue weighted by atomic mass is 79.9. The van der Waals surface area contributed by atoms with Crippen LogP contribution in [0.25, 0.3) is 0 Å². The van der Waals surface area contributed by atoms with E-state index < -0.39 is 0 Å². The predicted molar refractivity (Wildman–Crippen MR) is 80.0 cm³/mol. The molecule has 0 amide bonds. The lowest BCUT2D eigenvalue weighted by atomic mass is 10.1. The summed E-state index contributed by atoms with van der Waals surface area (Å²) in [5.41, 5.74) is 2.40. The number of halogens is 2. The molecule has 0 bridgehead atoms. The van der Waals surface area contributed by atoms with Gasteiger partial charge in [-0.1, -0.05) is 15.9 Å². The molecule has 1 aromatic heterocycles. The Hall–Kier alpha value is -0.320. The van der Waals surface area contributed by atoms with Gasteiger partial charge in [-0.15, -0.1) is 11.3 Å². The molecule has 0 aliphatic carbocycles. The third kappa shape index (κ3) is 3.33. The maximum atomic E-state index is 5.79. The summed E-state index contributed by atoms with van der Waals surface area (Å²) < 4.78 is 8.09. The van der Waals surface area contributed by atoms with Crippen LogP contribution in [0, 0.1) is 13.8 Å². The van der Waals surface area contributed by atoms with Crippen molar-refractivity contribution in [1.82, 2.24) is 0 Å². The van der Waals surface area contributed by atoms with Gasteiger partial charge < -0.3 is 4.74 Å². The molecule has 2 rings (SSSR count). The van der Waals surface area contributed by atoms with Gasteiger partial charge >= 0.3 is 0 Å². The Kier molecular flexibility index (Phi) is 4.28. The maximum Gasteiger partial charge on any atom is 0.122 e. The van der Waals surface area contributed by atoms with Crippen molar-refractivity contribution in [3.63, 3.8) is 0 Å². The van der Waals surface area contributed by atoms with Crippen LogP contribution in [-0.2, 0) is 6.61 Å². The number of hydrogen-bond acceptors (Lipinski definition) is 2. The highest BCUT2D eigenvalue weighted by Gasteiger charge is 2.04. The molecule has 0 fully saturated rings. The van der Waals surface area contributed by atoms with Crippen molar-refractivity contribution in [2.45, 2.75) is 20.5 Å². The van der Waals surface area contributed by atoms with Crippen LogP contribution in [0.3, 0.4) is 0 Å². The van der Waals surface area contributed by atoms with E-state index in [9.17, 15) is 0 Å². The zero-order valence-electron chi connectivity index (χ0n) is 9.59. The number of hydrogen-bond donors (Lipinski definition) is 0. The standard InChI is InChI=1S/C13H12Br2OS/c1-8-5-10(6-9(2)13(8)15)16-7-11-3-4-12(14)17-11/h3-6H,7H2,1-2H3. The molecule has 0 aliphatic heterocycles. The summed E-state index contributed by atoms with van der Waals surface area (Å²) in [6, 6.07) is 8.23. The first kappa shape index (κ1) is 13.1. The smallest absolute Gasteiger partial charge is 0.122 e. The van der Waals surface area contributed by atoms with Crippen LogP contribution < -0.4 is 4.74 Å². The van der Waals surface area contributed by atoms with Crippen molar-refractivity contribution >= 4 is 43.2 Å². The lowest BCUT2D eigenvalue weighted by molar-refractivity contribution is 0.309. The Bertz CT molecular complexity index is 511. The predicted octanol–water partition coefficient (Wildman–Crippen LogP) is 5.47. The van der Waals surface area contributed by atoms with Gasteiger partial charge in [-0.2, -0.15) is 0 Å². The number of benzene rings is 1. The van der Waals surface area contributed by atoms with Crippen molar-refractivity contribution in [3.05, 3.63) is 48.5 Å². The summed E-state index contributed by atoms with van der Waals surface area (Å²) in [7, 11) is 0. The molecule has 90 valence electrons. The molecule has 1 nitrogen and oxygen atoms in total. The van der Waals surface area contributed by atoms with Crippen molar-refractivity contribution in [1.29, 1.82) is 0 Å². The van der Waals surface area contributed by atoms with Crippen molar-refractivity contribution in [2.75, 3.05) is 0 Å². The van der Waals surface area contributed by atoms with Gasteiger partial charge in [-0.05, 0) is 65.2 Å². The van der Waals surface area contributed by atoms with E-state index in [0.29, 0.717) is 6.61 Å². The lowest BCUT2D eigenvalue weighted by Gasteiger charge is -2.09. The average Bonchev–Trinajstić information content (AvgIpc) is 2.69. The van der Waals surface area contributed by atoms with E-state index in [1.807, 2.05) is 6.07 Å². The fourth-order valence-electron chi connectivity index (χ4n) is 1.57. The first-order valence-corrected chi connectivity index (χ1v) is 7.60. The molecule has 0 saturated heterocycles. The van der Waals surface area contributed by atoms with Gasteiger partial charge in [0.1, 0.15) is 12.4 Å². The summed E-state index contributed by atoms with van der Waals surface area (Å²) in [6.07, 6.45) is 0. The van der Waals surface area contributed by atoms with E-state index in [1.165, 1.54) is 16.0 Å². The minimum Gasteiger partial charge on any atom is -0.488 e. The summed E-state index contributed by atoms with van der Waals surface area (Å²) in [5, 5.41) is 0. The second-order valence-corrected chi connectivity index (χ2v) is 7.21. The van der Waals surface area contributed by atoms with Crippen molar-refractivity contribution in [3.8, 4) is 5.75 Å². The molecule has 1 aromatic carbocycles. The number of aryl methyl sites for hydroxylation is 2. The highest BCUT2D eigenvalue weighted by molar-refractivity contribution is 9.11.